The zero-order chi connectivity index (χ0) is 16.4. The number of hydrogen-bond donors (Lipinski definition) is 0. The largest absolute Gasteiger partial charge is 0.295 e. The summed E-state index contributed by atoms with van der Waals surface area (Å²) in [6, 6.07) is 16.6. The third-order valence-corrected chi connectivity index (χ3v) is 4.70. The van der Waals surface area contributed by atoms with Crippen molar-refractivity contribution in [3.63, 3.8) is 0 Å². The summed E-state index contributed by atoms with van der Waals surface area (Å²) in [7, 11) is 0. The smallest absolute Gasteiger partial charge is 0.270 e. The first-order valence-electron chi connectivity index (χ1n) is 7.00. The number of nitrogens with zero attached hydrogens (tertiary/aromatic N) is 1. The van der Waals surface area contributed by atoms with Crippen molar-refractivity contribution in [3.8, 4) is 0 Å². The fraction of sp³-hybridized carbons (Fsp3) is 0.0556. The van der Waals surface area contributed by atoms with E-state index in [1.807, 2.05) is 36.4 Å². The Bertz CT molecular complexity index is 828. The second-order valence-electron chi connectivity index (χ2n) is 5.03. The lowest BCUT2D eigenvalue weighted by molar-refractivity contribution is -0.113. The summed E-state index contributed by atoms with van der Waals surface area (Å²) in [4.78, 5) is 26.2. The molecule has 0 aromatic heterocycles. The third-order valence-electron chi connectivity index (χ3n) is 3.40. The molecule has 0 saturated carbocycles. The van der Waals surface area contributed by atoms with Gasteiger partial charge in [-0.25, -0.2) is 0 Å². The van der Waals surface area contributed by atoms with E-state index in [9.17, 15) is 9.59 Å². The molecule has 1 amide bonds. The van der Waals surface area contributed by atoms with Crippen LogP contribution >= 0.6 is 24.0 Å². The maximum absolute atomic E-state index is 12.7. The average molecular weight is 339 g/mol. The minimum Gasteiger partial charge on any atom is -0.295 e. The van der Waals surface area contributed by atoms with Crippen molar-refractivity contribution in [1.82, 2.24) is 0 Å². The Morgan fingerprint density at radius 1 is 1.13 bits per heavy atom. The zero-order valence-electron chi connectivity index (χ0n) is 12.4. The Balaban J connectivity index is 1.95. The predicted molar refractivity (Wildman–Crippen MR) is 98.5 cm³/mol. The summed E-state index contributed by atoms with van der Waals surface area (Å²) in [5, 5.41) is 0. The number of anilines is 1. The van der Waals surface area contributed by atoms with Gasteiger partial charge in [0.2, 0.25) is 0 Å². The molecule has 1 aliphatic rings. The minimum absolute atomic E-state index is 0.0443. The lowest BCUT2D eigenvalue weighted by Crippen LogP contribution is -2.27. The predicted octanol–water partition coefficient (Wildman–Crippen LogP) is 4.30. The van der Waals surface area contributed by atoms with E-state index in [2.05, 4.69) is 0 Å². The molecule has 0 aliphatic carbocycles. The van der Waals surface area contributed by atoms with Gasteiger partial charge in [0, 0.05) is 5.56 Å². The molecule has 1 heterocycles. The number of thioether (sulfide) groups is 1. The van der Waals surface area contributed by atoms with Crippen molar-refractivity contribution in [2.75, 3.05) is 4.90 Å². The van der Waals surface area contributed by atoms with Crippen molar-refractivity contribution in [2.24, 2.45) is 0 Å². The van der Waals surface area contributed by atoms with Crippen molar-refractivity contribution in [1.29, 1.82) is 0 Å². The van der Waals surface area contributed by atoms with Crippen LogP contribution in [0.5, 0.6) is 0 Å². The number of amides is 1. The first-order chi connectivity index (χ1) is 11.1. The van der Waals surface area contributed by atoms with Crippen LogP contribution in [-0.4, -0.2) is 16.0 Å². The molecule has 0 atom stereocenters. The van der Waals surface area contributed by atoms with Gasteiger partial charge >= 0.3 is 0 Å². The van der Waals surface area contributed by atoms with Gasteiger partial charge in [-0.2, -0.15) is 0 Å². The van der Waals surface area contributed by atoms with Gasteiger partial charge in [0.1, 0.15) is 0 Å². The Morgan fingerprint density at radius 2 is 1.87 bits per heavy atom. The van der Waals surface area contributed by atoms with Crippen LogP contribution in [0.3, 0.4) is 0 Å². The maximum Gasteiger partial charge on any atom is 0.270 e. The maximum atomic E-state index is 12.7. The second-order valence-corrected chi connectivity index (χ2v) is 6.71. The highest BCUT2D eigenvalue weighted by Gasteiger charge is 2.33. The monoisotopic (exact) mass is 339 g/mol. The minimum atomic E-state index is -0.162. The number of carbonyl (C=O) groups excluding carboxylic acids is 2. The Hall–Kier alpha value is -2.24. The topological polar surface area (TPSA) is 37.4 Å². The number of benzene rings is 2. The molecule has 3 rings (SSSR count). The molecule has 0 radical (unpaired) electrons. The molecular formula is C18H13NO2S2. The highest BCUT2D eigenvalue weighted by Crippen LogP contribution is 2.36. The van der Waals surface area contributed by atoms with Gasteiger partial charge in [-0.15, -0.1) is 0 Å². The summed E-state index contributed by atoms with van der Waals surface area (Å²) in [6.45, 7) is 1.50. The van der Waals surface area contributed by atoms with Crippen LogP contribution in [-0.2, 0) is 4.79 Å². The van der Waals surface area contributed by atoms with Crippen LogP contribution in [0.25, 0.3) is 6.08 Å². The normalized spacial score (nSPS) is 16.2. The molecule has 0 spiro atoms. The molecule has 2 aromatic rings. The quantitative estimate of drug-likeness (QED) is 0.475. The summed E-state index contributed by atoms with van der Waals surface area (Å²) in [6.07, 6.45) is 1.83. The zero-order valence-corrected chi connectivity index (χ0v) is 14.0. The van der Waals surface area contributed by atoms with Crippen LogP contribution in [0.4, 0.5) is 5.69 Å². The van der Waals surface area contributed by atoms with Crippen molar-refractivity contribution >= 4 is 51.8 Å². The van der Waals surface area contributed by atoms with Crippen LogP contribution < -0.4 is 4.90 Å². The van der Waals surface area contributed by atoms with Crippen molar-refractivity contribution < 1.29 is 9.59 Å². The molecule has 1 saturated heterocycles. The van der Waals surface area contributed by atoms with Gasteiger partial charge in [-0.1, -0.05) is 66.4 Å². The van der Waals surface area contributed by atoms with E-state index in [4.69, 9.17) is 12.2 Å². The Morgan fingerprint density at radius 3 is 2.57 bits per heavy atom. The first-order valence-corrected chi connectivity index (χ1v) is 8.23. The molecule has 1 aliphatic heterocycles. The van der Waals surface area contributed by atoms with E-state index in [-0.39, 0.29) is 11.7 Å². The van der Waals surface area contributed by atoms with E-state index < -0.39 is 0 Å². The Labute approximate surface area is 144 Å². The van der Waals surface area contributed by atoms with Crippen LogP contribution in [0.1, 0.15) is 22.8 Å². The van der Waals surface area contributed by atoms with Crippen molar-refractivity contribution in [3.05, 3.63) is 70.6 Å². The summed E-state index contributed by atoms with van der Waals surface area (Å²) < 4.78 is 0.470. The standard InChI is InChI=1S/C18H13NO2S2/c1-12(20)14-8-5-9-15(11-14)19-17(21)16(23-18(19)22)10-13-6-3-2-4-7-13/h2-11H,1H3/b16-10-. The fourth-order valence-electron chi connectivity index (χ4n) is 2.25. The average Bonchev–Trinajstić information content (AvgIpc) is 2.82. The second kappa shape index (κ2) is 6.48. The Kier molecular flexibility index (Phi) is 4.41. The van der Waals surface area contributed by atoms with Crippen LogP contribution in [0.2, 0.25) is 0 Å². The van der Waals surface area contributed by atoms with Gasteiger partial charge in [-0.05, 0) is 30.7 Å². The molecule has 3 nitrogen and oxygen atoms in total. The highest BCUT2D eigenvalue weighted by atomic mass is 32.2. The number of hydrogen-bond acceptors (Lipinski definition) is 4. The fourth-order valence-corrected chi connectivity index (χ4v) is 3.55. The molecule has 114 valence electrons. The molecule has 0 bridgehead atoms. The van der Waals surface area contributed by atoms with Crippen LogP contribution in [0.15, 0.2) is 59.5 Å². The molecule has 0 unspecified atom stereocenters. The molecule has 23 heavy (non-hydrogen) atoms. The molecule has 1 fully saturated rings. The van der Waals surface area contributed by atoms with E-state index in [0.717, 1.165) is 5.56 Å². The number of thiocarbonyl (C=S) groups is 1. The summed E-state index contributed by atoms with van der Waals surface area (Å²) in [5.74, 6) is -0.207. The van der Waals surface area contributed by atoms with E-state index in [1.54, 1.807) is 24.3 Å². The van der Waals surface area contributed by atoms with Gasteiger partial charge in [0.25, 0.3) is 5.91 Å². The molecule has 5 heteroatoms. The number of rotatable bonds is 3. The number of Topliss-reactive ketones (excluding diaryl/α,β-unsaturated/α-hetero) is 1. The lowest BCUT2D eigenvalue weighted by Gasteiger charge is -2.15. The van der Waals surface area contributed by atoms with Gasteiger partial charge in [-0.3, -0.25) is 14.5 Å². The van der Waals surface area contributed by atoms with E-state index >= 15 is 0 Å². The summed E-state index contributed by atoms with van der Waals surface area (Å²) in [5.41, 5.74) is 2.13. The highest BCUT2D eigenvalue weighted by molar-refractivity contribution is 8.27. The van der Waals surface area contributed by atoms with E-state index in [0.29, 0.717) is 20.5 Å². The van der Waals surface area contributed by atoms with Gasteiger partial charge in [0.05, 0.1) is 10.6 Å². The number of carbonyl (C=O) groups is 2. The molecule has 2 aromatic carbocycles. The first kappa shape index (κ1) is 15.6. The van der Waals surface area contributed by atoms with Crippen molar-refractivity contribution in [2.45, 2.75) is 6.92 Å². The third kappa shape index (κ3) is 3.25. The summed E-state index contributed by atoms with van der Waals surface area (Å²) >= 11 is 6.61. The van der Waals surface area contributed by atoms with Gasteiger partial charge < -0.3 is 0 Å². The molecular weight excluding hydrogens is 326 g/mol. The SMILES string of the molecule is CC(=O)c1cccc(N2C(=O)/C(=C/c3ccccc3)SC2=S)c1. The van der Waals surface area contributed by atoms with E-state index in [1.165, 1.54) is 23.6 Å². The van der Waals surface area contributed by atoms with Gasteiger partial charge in [0.15, 0.2) is 10.1 Å². The van der Waals surface area contributed by atoms with Crippen LogP contribution in [0, 0.1) is 0 Å². The lowest BCUT2D eigenvalue weighted by atomic mass is 10.1. The molecule has 0 N–H and O–H groups in total. The number of ketones is 1.